The van der Waals surface area contributed by atoms with Gasteiger partial charge in [-0.3, -0.25) is 14.5 Å². The minimum Gasteiger partial charge on any atom is -0.507 e. The summed E-state index contributed by atoms with van der Waals surface area (Å²) >= 11 is 0. The summed E-state index contributed by atoms with van der Waals surface area (Å²) in [6, 6.07) is 9.31. The van der Waals surface area contributed by atoms with E-state index in [0.29, 0.717) is 12.0 Å². The number of hydrogen-bond acceptors (Lipinski definition) is 4. The Morgan fingerprint density at radius 1 is 1.00 bits per heavy atom. The Balaban J connectivity index is 1.90. The molecule has 0 radical (unpaired) electrons. The normalized spacial score (nSPS) is 13.7. The monoisotopic (exact) mass is 350 g/mol. The maximum absolute atomic E-state index is 12.3. The molecular formula is C20H18N2O4. The number of aryl methyl sites for hydroxylation is 1. The third-order valence-corrected chi connectivity index (χ3v) is 5.29. The first kappa shape index (κ1) is 16.2. The fourth-order valence-electron chi connectivity index (χ4n) is 3.71. The van der Waals surface area contributed by atoms with E-state index in [1.54, 1.807) is 0 Å². The van der Waals surface area contributed by atoms with E-state index in [0.717, 1.165) is 27.1 Å². The molecule has 0 fully saturated rings. The van der Waals surface area contributed by atoms with Crippen LogP contribution in [0.1, 0.15) is 37.5 Å². The Morgan fingerprint density at radius 2 is 1.65 bits per heavy atom. The van der Waals surface area contributed by atoms with Gasteiger partial charge in [-0.15, -0.1) is 0 Å². The van der Waals surface area contributed by atoms with E-state index in [4.69, 9.17) is 0 Å². The molecule has 4 rings (SSSR count). The van der Waals surface area contributed by atoms with Crippen molar-refractivity contribution in [2.45, 2.75) is 13.3 Å². The minimum atomic E-state index is -0.606. The molecule has 0 aliphatic carbocycles. The van der Waals surface area contributed by atoms with Gasteiger partial charge in [-0.05, 0) is 24.6 Å². The molecule has 0 atom stereocenters. The summed E-state index contributed by atoms with van der Waals surface area (Å²) in [5.41, 5.74) is 3.26. The molecule has 1 aliphatic rings. The molecule has 2 N–H and O–H groups in total. The number of imide groups is 1. The number of carbonyl (C=O) groups excluding carboxylic acids is 2. The molecule has 1 aliphatic heterocycles. The van der Waals surface area contributed by atoms with Gasteiger partial charge in [-0.2, -0.15) is 0 Å². The van der Waals surface area contributed by atoms with Crippen molar-refractivity contribution in [1.29, 1.82) is 0 Å². The number of phenolic OH excluding ortho intramolecular Hbond substituents is 2. The summed E-state index contributed by atoms with van der Waals surface area (Å²) in [4.78, 5) is 25.3. The third-order valence-electron chi connectivity index (χ3n) is 5.29. The minimum absolute atomic E-state index is 0.120. The molecule has 2 amide bonds. The van der Waals surface area contributed by atoms with Crippen molar-refractivity contribution in [3.63, 3.8) is 0 Å². The average molecular weight is 350 g/mol. The van der Waals surface area contributed by atoms with Crippen LogP contribution < -0.4 is 0 Å². The largest absolute Gasteiger partial charge is 0.507 e. The number of carbonyl (C=O) groups is 2. The van der Waals surface area contributed by atoms with Crippen LogP contribution in [0.25, 0.3) is 10.9 Å². The van der Waals surface area contributed by atoms with E-state index in [2.05, 4.69) is 4.57 Å². The Hall–Kier alpha value is -3.28. The number of fused-ring (bicyclic) bond motifs is 2. The summed E-state index contributed by atoms with van der Waals surface area (Å²) in [5.74, 6) is -1.73. The summed E-state index contributed by atoms with van der Waals surface area (Å²) in [6.07, 6.45) is 0.338. The number of nitrogens with zero attached hydrogens (tertiary/aromatic N) is 2. The van der Waals surface area contributed by atoms with Gasteiger partial charge in [0.2, 0.25) is 0 Å². The summed E-state index contributed by atoms with van der Waals surface area (Å²) < 4.78 is 2.07. The predicted molar refractivity (Wildman–Crippen MR) is 96.7 cm³/mol. The maximum atomic E-state index is 12.3. The molecule has 6 heteroatoms. The number of aromatic hydroxyl groups is 2. The van der Waals surface area contributed by atoms with Crippen LogP contribution in [0.3, 0.4) is 0 Å². The number of amides is 2. The second kappa shape index (κ2) is 5.36. The highest BCUT2D eigenvalue weighted by atomic mass is 16.3. The Labute approximate surface area is 149 Å². The van der Waals surface area contributed by atoms with E-state index < -0.39 is 11.8 Å². The lowest BCUT2D eigenvalue weighted by Crippen LogP contribution is -2.24. The number of aromatic nitrogens is 1. The number of rotatable bonds is 2. The van der Waals surface area contributed by atoms with Gasteiger partial charge in [0, 0.05) is 42.7 Å². The third kappa shape index (κ3) is 1.98. The molecule has 0 bridgehead atoms. The summed E-state index contributed by atoms with van der Waals surface area (Å²) in [6.45, 7) is 1.99. The van der Waals surface area contributed by atoms with Gasteiger partial charge in [-0.25, -0.2) is 0 Å². The molecule has 6 nitrogen and oxygen atoms in total. The van der Waals surface area contributed by atoms with Crippen LogP contribution in [-0.2, 0) is 13.5 Å². The second-order valence-corrected chi connectivity index (χ2v) is 6.64. The van der Waals surface area contributed by atoms with Gasteiger partial charge < -0.3 is 14.8 Å². The summed E-state index contributed by atoms with van der Waals surface area (Å²) in [7, 11) is 3.30. The highest BCUT2D eigenvalue weighted by Crippen LogP contribution is 2.40. The van der Waals surface area contributed by atoms with Gasteiger partial charge in [0.15, 0.2) is 0 Å². The van der Waals surface area contributed by atoms with Crippen molar-refractivity contribution in [1.82, 2.24) is 9.47 Å². The topological polar surface area (TPSA) is 82.8 Å². The molecule has 132 valence electrons. The van der Waals surface area contributed by atoms with Gasteiger partial charge in [0.25, 0.3) is 11.8 Å². The van der Waals surface area contributed by atoms with Gasteiger partial charge in [0.05, 0.1) is 11.1 Å². The Kier molecular flexibility index (Phi) is 3.34. The Bertz CT molecular complexity index is 1110. The van der Waals surface area contributed by atoms with Gasteiger partial charge in [0.1, 0.15) is 11.5 Å². The Morgan fingerprint density at radius 3 is 2.38 bits per heavy atom. The van der Waals surface area contributed by atoms with Crippen molar-refractivity contribution in [2.24, 2.45) is 7.05 Å². The van der Waals surface area contributed by atoms with Crippen LogP contribution in [0.4, 0.5) is 0 Å². The van der Waals surface area contributed by atoms with Crippen LogP contribution >= 0.6 is 0 Å². The lowest BCUT2D eigenvalue weighted by Gasteiger charge is -2.10. The van der Waals surface area contributed by atoms with Crippen molar-refractivity contribution in [3.8, 4) is 11.5 Å². The van der Waals surface area contributed by atoms with E-state index in [-0.39, 0.29) is 22.6 Å². The van der Waals surface area contributed by atoms with E-state index in [1.807, 2.05) is 38.2 Å². The molecule has 0 spiro atoms. The van der Waals surface area contributed by atoms with Crippen LogP contribution in [0, 0.1) is 6.92 Å². The highest BCUT2D eigenvalue weighted by Gasteiger charge is 2.39. The van der Waals surface area contributed by atoms with Crippen molar-refractivity contribution < 1.29 is 19.8 Å². The van der Waals surface area contributed by atoms with E-state index in [1.165, 1.54) is 13.1 Å². The maximum Gasteiger partial charge on any atom is 0.265 e. The number of hydrogen-bond donors (Lipinski definition) is 2. The first-order valence-corrected chi connectivity index (χ1v) is 8.26. The van der Waals surface area contributed by atoms with Crippen LogP contribution in [0.5, 0.6) is 11.5 Å². The second-order valence-electron chi connectivity index (χ2n) is 6.64. The number of phenols is 2. The van der Waals surface area contributed by atoms with Crippen LogP contribution in [0.2, 0.25) is 0 Å². The fraction of sp³-hybridized carbons (Fsp3) is 0.200. The molecule has 26 heavy (non-hydrogen) atoms. The fourth-order valence-corrected chi connectivity index (χ4v) is 3.71. The SMILES string of the molecule is Cc1c(Cc2cc(O)c3c(c2O)C(=O)N(C)C3=O)c2ccccc2n1C. The molecule has 0 saturated carbocycles. The van der Waals surface area contributed by atoms with Crippen LogP contribution in [0.15, 0.2) is 30.3 Å². The molecular weight excluding hydrogens is 332 g/mol. The van der Waals surface area contributed by atoms with E-state index >= 15 is 0 Å². The molecule has 2 aromatic carbocycles. The lowest BCUT2D eigenvalue weighted by molar-refractivity contribution is 0.0692. The van der Waals surface area contributed by atoms with Gasteiger partial charge in [-0.1, -0.05) is 18.2 Å². The standard InChI is InChI=1S/C20H18N2O4/c1-10-13(12-6-4-5-7-14(12)21(10)2)8-11-9-15(23)16-17(18(11)24)20(26)22(3)19(16)25/h4-7,9,23-24H,8H2,1-3H3. The van der Waals surface area contributed by atoms with Crippen molar-refractivity contribution in [3.05, 3.63) is 58.3 Å². The smallest absolute Gasteiger partial charge is 0.265 e. The molecule has 3 aromatic rings. The number of para-hydroxylation sites is 1. The highest BCUT2D eigenvalue weighted by molar-refractivity contribution is 6.23. The van der Waals surface area contributed by atoms with Crippen molar-refractivity contribution >= 4 is 22.7 Å². The average Bonchev–Trinajstić information content (AvgIpc) is 3.00. The first-order valence-electron chi connectivity index (χ1n) is 8.26. The lowest BCUT2D eigenvalue weighted by atomic mass is 9.96. The molecule has 0 unspecified atom stereocenters. The zero-order valence-corrected chi connectivity index (χ0v) is 14.7. The molecule has 1 aromatic heterocycles. The van der Waals surface area contributed by atoms with Crippen LogP contribution in [-0.4, -0.2) is 38.5 Å². The summed E-state index contributed by atoms with van der Waals surface area (Å²) in [5, 5.41) is 22.0. The predicted octanol–water partition coefficient (Wildman–Crippen LogP) is 2.71. The molecule has 0 saturated heterocycles. The quantitative estimate of drug-likeness (QED) is 0.550. The van der Waals surface area contributed by atoms with Gasteiger partial charge >= 0.3 is 0 Å². The molecule has 2 heterocycles. The van der Waals surface area contributed by atoms with E-state index in [9.17, 15) is 19.8 Å². The first-order chi connectivity index (χ1) is 12.3. The van der Waals surface area contributed by atoms with Crippen molar-refractivity contribution in [2.75, 3.05) is 7.05 Å². The zero-order valence-electron chi connectivity index (χ0n) is 14.7. The number of benzene rings is 2. The zero-order chi connectivity index (χ0) is 18.7.